The first-order valence-electron chi connectivity index (χ1n) is 10.6. The quantitative estimate of drug-likeness (QED) is 0.266. The Labute approximate surface area is 212 Å². The number of halogens is 2. The summed E-state index contributed by atoms with van der Waals surface area (Å²) in [5.41, 5.74) is 3.28. The summed E-state index contributed by atoms with van der Waals surface area (Å²) >= 11 is 13.8. The summed E-state index contributed by atoms with van der Waals surface area (Å²) in [4.78, 5) is 12.7. The SMILES string of the molecule is CCOc1ccccc1NC(=O)CSc1nnc(-c2ccc(Cl)cc2Cl)n1-c1cccc(C)c1. The number of anilines is 1. The molecule has 174 valence electrons. The van der Waals surface area contributed by atoms with Crippen LogP contribution < -0.4 is 10.1 Å². The van der Waals surface area contributed by atoms with Gasteiger partial charge in [0.15, 0.2) is 11.0 Å². The van der Waals surface area contributed by atoms with Crippen molar-refractivity contribution in [2.24, 2.45) is 0 Å². The van der Waals surface area contributed by atoms with Gasteiger partial charge >= 0.3 is 0 Å². The van der Waals surface area contributed by atoms with E-state index >= 15 is 0 Å². The standard InChI is InChI=1S/C25H22Cl2N4O2S/c1-3-33-22-10-5-4-9-21(22)28-23(32)15-34-25-30-29-24(19-12-11-17(26)14-20(19)27)31(25)18-8-6-7-16(2)13-18/h4-14H,3,15H2,1-2H3,(H,28,32). The van der Waals surface area contributed by atoms with Crippen molar-refractivity contribution in [2.45, 2.75) is 19.0 Å². The van der Waals surface area contributed by atoms with Crippen molar-refractivity contribution >= 4 is 46.6 Å². The fourth-order valence-corrected chi connectivity index (χ4v) is 4.62. The summed E-state index contributed by atoms with van der Waals surface area (Å²) in [6.45, 7) is 4.42. The van der Waals surface area contributed by atoms with Crippen LogP contribution in [0.4, 0.5) is 5.69 Å². The summed E-state index contributed by atoms with van der Waals surface area (Å²) < 4.78 is 7.49. The molecule has 0 spiro atoms. The molecule has 9 heteroatoms. The summed E-state index contributed by atoms with van der Waals surface area (Å²) in [5.74, 6) is 1.16. The second-order valence-corrected chi connectivity index (χ2v) is 9.16. The molecule has 0 bridgehead atoms. The van der Waals surface area contributed by atoms with Gasteiger partial charge in [-0.2, -0.15) is 0 Å². The number of ether oxygens (including phenoxy) is 1. The number of thioether (sulfide) groups is 1. The molecule has 0 radical (unpaired) electrons. The average Bonchev–Trinajstić information content (AvgIpc) is 3.23. The van der Waals surface area contributed by atoms with Gasteiger partial charge in [0.25, 0.3) is 0 Å². The number of para-hydroxylation sites is 2. The fraction of sp³-hybridized carbons (Fsp3) is 0.160. The molecule has 34 heavy (non-hydrogen) atoms. The molecule has 0 saturated carbocycles. The van der Waals surface area contributed by atoms with Gasteiger partial charge in [-0.15, -0.1) is 10.2 Å². The normalized spacial score (nSPS) is 10.8. The first-order valence-corrected chi connectivity index (χ1v) is 12.3. The van der Waals surface area contributed by atoms with Crippen molar-refractivity contribution in [1.82, 2.24) is 14.8 Å². The van der Waals surface area contributed by atoms with E-state index in [-0.39, 0.29) is 11.7 Å². The number of carbonyl (C=O) groups excluding carboxylic acids is 1. The molecule has 1 aromatic heterocycles. The Morgan fingerprint density at radius 2 is 1.88 bits per heavy atom. The zero-order chi connectivity index (χ0) is 24.1. The van der Waals surface area contributed by atoms with Crippen LogP contribution in [0.5, 0.6) is 5.75 Å². The zero-order valence-electron chi connectivity index (χ0n) is 18.6. The first kappa shape index (κ1) is 24.1. The lowest BCUT2D eigenvalue weighted by atomic mass is 10.2. The highest BCUT2D eigenvalue weighted by atomic mass is 35.5. The van der Waals surface area contributed by atoms with Crippen molar-refractivity contribution in [3.8, 4) is 22.8 Å². The smallest absolute Gasteiger partial charge is 0.234 e. The Bertz CT molecular complexity index is 1330. The van der Waals surface area contributed by atoms with Gasteiger partial charge in [-0.25, -0.2) is 0 Å². The number of rotatable bonds is 8. The maximum Gasteiger partial charge on any atom is 0.234 e. The van der Waals surface area contributed by atoms with E-state index in [1.54, 1.807) is 12.1 Å². The van der Waals surface area contributed by atoms with Crippen LogP contribution >= 0.6 is 35.0 Å². The molecule has 0 aliphatic carbocycles. The summed E-state index contributed by atoms with van der Waals surface area (Å²) in [5, 5.41) is 13.2. The molecule has 0 atom stereocenters. The van der Waals surface area contributed by atoms with Crippen LogP contribution in [0.2, 0.25) is 10.0 Å². The van der Waals surface area contributed by atoms with E-state index in [1.807, 2.05) is 73.0 Å². The molecule has 4 rings (SSSR count). The fourth-order valence-electron chi connectivity index (χ4n) is 3.38. The molecule has 0 saturated heterocycles. The van der Waals surface area contributed by atoms with Crippen molar-refractivity contribution in [3.05, 3.63) is 82.3 Å². The lowest BCUT2D eigenvalue weighted by Gasteiger charge is -2.13. The van der Waals surface area contributed by atoms with E-state index in [1.165, 1.54) is 11.8 Å². The van der Waals surface area contributed by atoms with Crippen molar-refractivity contribution in [1.29, 1.82) is 0 Å². The lowest BCUT2D eigenvalue weighted by Crippen LogP contribution is -2.15. The predicted octanol–water partition coefficient (Wildman–Crippen LogP) is 6.68. The maximum atomic E-state index is 12.7. The molecule has 0 unspecified atom stereocenters. The lowest BCUT2D eigenvalue weighted by molar-refractivity contribution is -0.113. The molecule has 1 N–H and O–H groups in total. The number of benzene rings is 3. The number of nitrogens with zero attached hydrogens (tertiary/aromatic N) is 3. The number of hydrogen-bond donors (Lipinski definition) is 1. The number of amides is 1. The van der Waals surface area contributed by atoms with Gasteiger partial charge < -0.3 is 10.1 Å². The summed E-state index contributed by atoms with van der Waals surface area (Å²) in [6, 6.07) is 20.6. The second kappa shape index (κ2) is 11.0. The molecule has 0 aliphatic rings. The van der Waals surface area contributed by atoms with Crippen LogP contribution in [-0.4, -0.2) is 33.0 Å². The summed E-state index contributed by atoms with van der Waals surface area (Å²) in [6.07, 6.45) is 0. The Hall–Kier alpha value is -3.00. The average molecular weight is 513 g/mol. The van der Waals surface area contributed by atoms with Gasteiger partial charge in [0.05, 0.1) is 23.1 Å². The van der Waals surface area contributed by atoms with Gasteiger partial charge in [0, 0.05) is 16.3 Å². The number of hydrogen-bond acceptors (Lipinski definition) is 5. The van der Waals surface area contributed by atoms with Gasteiger partial charge in [0.2, 0.25) is 5.91 Å². The van der Waals surface area contributed by atoms with E-state index in [0.717, 1.165) is 11.3 Å². The summed E-state index contributed by atoms with van der Waals surface area (Å²) in [7, 11) is 0. The molecule has 3 aromatic carbocycles. The molecule has 1 heterocycles. The zero-order valence-corrected chi connectivity index (χ0v) is 20.9. The van der Waals surface area contributed by atoms with Crippen LogP contribution in [0, 0.1) is 6.92 Å². The van der Waals surface area contributed by atoms with Gasteiger partial charge in [-0.3, -0.25) is 9.36 Å². The molecule has 6 nitrogen and oxygen atoms in total. The van der Waals surface area contributed by atoms with Crippen LogP contribution in [0.3, 0.4) is 0 Å². The van der Waals surface area contributed by atoms with E-state index in [0.29, 0.717) is 44.6 Å². The third kappa shape index (κ3) is 5.55. The number of carbonyl (C=O) groups is 1. The molecule has 1 amide bonds. The number of aryl methyl sites for hydroxylation is 1. The first-order chi connectivity index (χ1) is 16.5. The Morgan fingerprint density at radius 3 is 2.65 bits per heavy atom. The molecular weight excluding hydrogens is 491 g/mol. The van der Waals surface area contributed by atoms with E-state index < -0.39 is 0 Å². The van der Waals surface area contributed by atoms with Gasteiger partial charge in [-0.1, -0.05) is 59.2 Å². The monoisotopic (exact) mass is 512 g/mol. The van der Waals surface area contributed by atoms with Crippen LogP contribution in [0.15, 0.2) is 71.9 Å². The highest BCUT2D eigenvalue weighted by Gasteiger charge is 2.20. The largest absolute Gasteiger partial charge is 0.492 e. The third-order valence-corrected chi connectivity index (χ3v) is 6.34. The highest BCUT2D eigenvalue weighted by molar-refractivity contribution is 7.99. The van der Waals surface area contributed by atoms with Crippen molar-refractivity contribution in [3.63, 3.8) is 0 Å². The second-order valence-electron chi connectivity index (χ2n) is 7.37. The molecule has 0 aliphatic heterocycles. The predicted molar refractivity (Wildman–Crippen MR) is 139 cm³/mol. The van der Waals surface area contributed by atoms with Crippen molar-refractivity contribution in [2.75, 3.05) is 17.7 Å². The van der Waals surface area contributed by atoms with Crippen LogP contribution in [-0.2, 0) is 4.79 Å². The Morgan fingerprint density at radius 1 is 1.06 bits per heavy atom. The van der Waals surface area contributed by atoms with E-state index in [9.17, 15) is 4.79 Å². The molecule has 0 fully saturated rings. The Balaban J connectivity index is 1.62. The van der Waals surface area contributed by atoms with Crippen LogP contribution in [0.1, 0.15) is 12.5 Å². The topological polar surface area (TPSA) is 69.0 Å². The third-order valence-electron chi connectivity index (χ3n) is 4.86. The van der Waals surface area contributed by atoms with Crippen LogP contribution in [0.25, 0.3) is 17.1 Å². The highest BCUT2D eigenvalue weighted by Crippen LogP contribution is 2.34. The van der Waals surface area contributed by atoms with Gasteiger partial charge in [-0.05, 0) is 61.9 Å². The molecular formula is C25H22Cl2N4O2S. The minimum atomic E-state index is -0.179. The maximum absolute atomic E-state index is 12.7. The Kier molecular flexibility index (Phi) is 7.77. The van der Waals surface area contributed by atoms with E-state index in [4.69, 9.17) is 27.9 Å². The van der Waals surface area contributed by atoms with E-state index in [2.05, 4.69) is 15.5 Å². The molecule has 4 aromatic rings. The van der Waals surface area contributed by atoms with Gasteiger partial charge in [0.1, 0.15) is 5.75 Å². The number of nitrogens with one attached hydrogen (secondary N) is 1. The minimum Gasteiger partial charge on any atom is -0.492 e. The minimum absolute atomic E-state index is 0.138. The van der Waals surface area contributed by atoms with Crippen molar-refractivity contribution < 1.29 is 9.53 Å². The number of aromatic nitrogens is 3.